The first-order valence-corrected chi connectivity index (χ1v) is 14.7. The van der Waals surface area contributed by atoms with E-state index in [0.717, 1.165) is 18.0 Å². The third kappa shape index (κ3) is 6.05. The number of hydrogen-bond acceptors (Lipinski definition) is 7. The van der Waals surface area contributed by atoms with E-state index in [0.29, 0.717) is 70.7 Å². The predicted molar refractivity (Wildman–Crippen MR) is 151 cm³/mol. The van der Waals surface area contributed by atoms with E-state index in [4.69, 9.17) is 4.74 Å². The van der Waals surface area contributed by atoms with Crippen LogP contribution < -0.4 is 16.3 Å². The summed E-state index contributed by atoms with van der Waals surface area (Å²) in [5, 5.41) is 17.4. The molecule has 2 unspecified atom stereocenters. The number of aromatic amines is 1. The zero-order valence-corrected chi connectivity index (χ0v) is 23.3. The van der Waals surface area contributed by atoms with E-state index >= 15 is 0 Å². The second-order valence-electron chi connectivity index (χ2n) is 11.5. The molecule has 5 heterocycles. The number of benzene rings is 1. The Morgan fingerprint density at radius 3 is 2.69 bits per heavy atom. The molecule has 0 radical (unpaired) electrons. The van der Waals surface area contributed by atoms with Gasteiger partial charge in [-0.15, -0.1) is 0 Å². The second-order valence-corrected chi connectivity index (χ2v) is 11.5. The highest BCUT2D eigenvalue weighted by molar-refractivity contribution is 5.74. The number of ether oxygens (including phenoxy) is 1. The number of fused-ring (bicyclic) bond motifs is 1. The molecule has 0 bridgehead atoms. The van der Waals surface area contributed by atoms with Crippen molar-refractivity contribution in [2.75, 3.05) is 39.4 Å². The number of piperidine rings is 1. The Morgan fingerprint density at radius 2 is 1.90 bits per heavy atom. The molecule has 42 heavy (non-hydrogen) atoms. The molecule has 226 valence electrons. The average Bonchev–Trinajstić information content (AvgIpc) is 3.56. The lowest BCUT2D eigenvalue weighted by atomic mass is 9.93. The number of H-pyrrole nitrogens is 1. The van der Waals surface area contributed by atoms with Crippen LogP contribution in [0.2, 0.25) is 0 Å². The van der Waals surface area contributed by atoms with Crippen molar-refractivity contribution in [1.82, 2.24) is 35.0 Å². The fourth-order valence-electron chi connectivity index (χ4n) is 6.53. The first-order valence-electron chi connectivity index (χ1n) is 14.7. The van der Waals surface area contributed by atoms with Gasteiger partial charge in [-0.1, -0.05) is 12.1 Å². The molecule has 4 atom stereocenters. The summed E-state index contributed by atoms with van der Waals surface area (Å²) in [5.41, 5.74) is 1.37. The van der Waals surface area contributed by atoms with Crippen LogP contribution in [-0.4, -0.2) is 93.3 Å². The van der Waals surface area contributed by atoms with Crippen molar-refractivity contribution in [3.05, 3.63) is 64.2 Å². The van der Waals surface area contributed by atoms with Gasteiger partial charge >= 0.3 is 11.7 Å². The van der Waals surface area contributed by atoms with E-state index in [1.54, 1.807) is 32.7 Å². The van der Waals surface area contributed by atoms with E-state index in [1.807, 2.05) is 6.07 Å². The first kappa shape index (κ1) is 28.7. The molecule has 3 fully saturated rings. The molecular weight excluding hydrogens is 548 g/mol. The van der Waals surface area contributed by atoms with E-state index < -0.39 is 18.0 Å². The molecule has 0 spiro atoms. The quantitative estimate of drug-likeness (QED) is 0.327. The number of imidazole rings is 1. The minimum Gasteiger partial charge on any atom is -0.380 e. The summed E-state index contributed by atoms with van der Waals surface area (Å²) < 4.78 is 36.0. The van der Waals surface area contributed by atoms with Crippen molar-refractivity contribution in [3.8, 4) is 0 Å². The number of nitrogens with one attached hydrogen (secondary N) is 3. The number of aliphatic hydroxyl groups is 1. The minimum atomic E-state index is -1.03. The van der Waals surface area contributed by atoms with Gasteiger partial charge in [0.15, 0.2) is 23.6 Å². The summed E-state index contributed by atoms with van der Waals surface area (Å²) in [6.07, 6.45) is 3.67. The molecule has 2 aromatic heterocycles. The second kappa shape index (κ2) is 12.5. The van der Waals surface area contributed by atoms with Gasteiger partial charge in [-0.2, -0.15) is 0 Å². The minimum absolute atomic E-state index is 0.0117. The molecule has 3 aromatic rings. The molecule has 0 aliphatic carbocycles. The number of hydrogen-bond donors (Lipinski definition) is 4. The van der Waals surface area contributed by atoms with E-state index in [9.17, 15) is 23.5 Å². The maximum absolute atomic E-state index is 14.8. The smallest absolute Gasteiger partial charge is 0.327 e. The summed E-state index contributed by atoms with van der Waals surface area (Å²) >= 11 is 0. The van der Waals surface area contributed by atoms with Crippen LogP contribution in [0.3, 0.4) is 0 Å². The number of amides is 2. The van der Waals surface area contributed by atoms with Crippen LogP contribution >= 0.6 is 0 Å². The molecule has 3 aliphatic heterocycles. The lowest BCUT2D eigenvalue weighted by molar-refractivity contribution is -0.0344. The molecule has 0 saturated carbocycles. The van der Waals surface area contributed by atoms with E-state index in [-0.39, 0.29) is 41.3 Å². The van der Waals surface area contributed by atoms with Gasteiger partial charge in [-0.3, -0.25) is 19.8 Å². The van der Waals surface area contributed by atoms with E-state index in [1.165, 1.54) is 6.07 Å². The molecule has 4 N–H and O–H groups in total. The summed E-state index contributed by atoms with van der Waals surface area (Å²) in [6.45, 7) is 2.71. The van der Waals surface area contributed by atoms with Crippen molar-refractivity contribution in [2.45, 2.75) is 62.5 Å². The first-order chi connectivity index (χ1) is 20.4. The SMILES string of the molecule is O=C(N[C@@H]1CC[C@@H](c2cccc(F)c2F)CN(C(O)NC2CCOC2)C1)N1CCC(n2c(=O)[nH]c3ncccc32)CC1. The number of urea groups is 1. The molecule has 3 saturated heterocycles. The number of nitrogens with zero attached hydrogens (tertiary/aromatic N) is 4. The molecule has 6 rings (SSSR count). The van der Waals surface area contributed by atoms with Crippen molar-refractivity contribution in [3.63, 3.8) is 0 Å². The number of carbonyl (C=O) groups is 1. The summed E-state index contributed by atoms with van der Waals surface area (Å²) in [5.74, 6) is -2.13. The lowest BCUT2D eigenvalue weighted by Gasteiger charge is -2.35. The standard InChI is InChI=1S/C29H37F2N7O4/c30-23-4-1-3-22(25(23)31)18-6-7-19(16-37(15-18)28(40)34-20-10-14-42-17-20)33-27(39)36-12-8-21(9-13-36)38-24-5-2-11-32-26(24)35-29(38)41/h1-5,11,18-21,28,34,40H,6-10,12-17H2,(H,33,39)(H,32,35,41)/t18-,19-,20?,28?/m1/s1. The topological polar surface area (TPSA) is 128 Å². The van der Waals surface area contributed by atoms with Gasteiger partial charge in [0.05, 0.1) is 12.1 Å². The number of carbonyl (C=O) groups excluding carboxylic acids is 1. The number of halogens is 2. The van der Waals surface area contributed by atoms with Crippen LogP contribution in [-0.2, 0) is 4.74 Å². The number of rotatable bonds is 6. The maximum atomic E-state index is 14.8. The van der Waals surface area contributed by atoms with Crippen LogP contribution in [0.4, 0.5) is 13.6 Å². The Bertz CT molecular complexity index is 1450. The molecular formula is C29H37F2N7O4. The average molecular weight is 586 g/mol. The Kier molecular flexibility index (Phi) is 8.52. The van der Waals surface area contributed by atoms with Crippen LogP contribution in [0, 0.1) is 11.6 Å². The van der Waals surface area contributed by atoms with Gasteiger partial charge in [-0.05, 0) is 61.8 Å². The summed E-state index contributed by atoms with van der Waals surface area (Å²) in [4.78, 5) is 36.5. The fourth-order valence-corrected chi connectivity index (χ4v) is 6.53. The third-order valence-electron chi connectivity index (χ3n) is 8.79. The molecule has 3 aliphatic rings. The molecule has 1 aromatic carbocycles. The number of aliphatic hydroxyl groups excluding tert-OH is 1. The molecule has 11 nitrogen and oxygen atoms in total. The lowest BCUT2D eigenvalue weighted by Crippen LogP contribution is -2.55. The van der Waals surface area contributed by atoms with Crippen molar-refractivity contribution in [2.24, 2.45) is 0 Å². The zero-order valence-electron chi connectivity index (χ0n) is 23.3. The Hall–Kier alpha value is -3.39. The van der Waals surface area contributed by atoms with Gasteiger partial charge in [0.1, 0.15) is 0 Å². The maximum Gasteiger partial charge on any atom is 0.327 e. The highest BCUT2D eigenvalue weighted by Crippen LogP contribution is 2.30. The van der Waals surface area contributed by atoms with Crippen molar-refractivity contribution < 1.29 is 23.4 Å². The van der Waals surface area contributed by atoms with Crippen LogP contribution in [0.5, 0.6) is 0 Å². The third-order valence-corrected chi connectivity index (χ3v) is 8.79. The molecule has 13 heteroatoms. The van der Waals surface area contributed by atoms with Crippen LogP contribution in [0.15, 0.2) is 41.3 Å². The Balaban J connectivity index is 1.12. The number of pyridine rings is 1. The fraction of sp³-hybridized carbons (Fsp3) is 0.552. The molecule has 2 amide bonds. The van der Waals surface area contributed by atoms with Gasteiger partial charge in [0.2, 0.25) is 0 Å². The van der Waals surface area contributed by atoms with Gasteiger partial charge < -0.3 is 20.1 Å². The van der Waals surface area contributed by atoms with Crippen molar-refractivity contribution >= 4 is 17.2 Å². The Labute approximate surface area is 241 Å². The monoisotopic (exact) mass is 585 g/mol. The zero-order chi connectivity index (χ0) is 29.2. The normalized spacial score (nSPS) is 25.0. The highest BCUT2D eigenvalue weighted by atomic mass is 19.2. The van der Waals surface area contributed by atoms with E-state index in [2.05, 4.69) is 20.6 Å². The largest absolute Gasteiger partial charge is 0.380 e. The number of aromatic nitrogens is 3. The van der Waals surface area contributed by atoms with Crippen LogP contribution in [0.25, 0.3) is 11.2 Å². The van der Waals surface area contributed by atoms with Gasteiger partial charge in [-0.25, -0.2) is 23.4 Å². The Morgan fingerprint density at radius 1 is 1.07 bits per heavy atom. The van der Waals surface area contributed by atoms with Crippen LogP contribution in [0.1, 0.15) is 49.6 Å². The van der Waals surface area contributed by atoms with Crippen molar-refractivity contribution in [1.29, 1.82) is 0 Å². The van der Waals surface area contributed by atoms with Gasteiger partial charge in [0, 0.05) is 57.1 Å². The summed E-state index contributed by atoms with van der Waals surface area (Å²) in [7, 11) is 0. The number of likely N-dealkylation sites (tertiary alicyclic amines) is 2. The highest BCUT2D eigenvalue weighted by Gasteiger charge is 2.34. The predicted octanol–water partition coefficient (Wildman–Crippen LogP) is 2.25. The summed E-state index contributed by atoms with van der Waals surface area (Å²) in [6, 6.07) is 7.26. The van der Waals surface area contributed by atoms with Gasteiger partial charge in [0.25, 0.3) is 0 Å².